The Morgan fingerprint density at radius 3 is 2.62 bits per heavy atom. The Kier molecular flexibility index (Phi) is 7.25. The molecule has 2 rings (SSSR count). The summed E-state index contributed by atoms with van der Waals surface area (Å²) in [6, 6.07) is 9.09. The van der Waals surface area contributed by atoms with Gasteiger partial charge in [0, 0.05) is 6.54 Å². The van der Waals surface area contributed by atoms with E-state index in [0.29, 0.717) is 18.9 Å². The summed E-state index contributed by atoms with van der Waals surface area (Å²) in [4.78, 5) is 24.7. The minimum absolute atomic E-state index is 0.0502. The van der Waals surface area contributed by atoms with E-state index in [0.717, 1.165) is 31.5 Å². The molecule has 0 saturated carbocycles. The van der Waals surface area contributed by atoms with E-state index < -0.39 is 6.04 Å². The molecular weight excluding hydrogens is 302 g/mol. The van der Waals surface area contributed by atoms with Gasteiger partial charge in [-0.05, 0) is 43.3 Å². The minimum atomic E-state index is -0.488. The van der Waals surface area contributed by atoms with Crippen molar-refractivity contribution in [3.05, 3.63) is 35.9 Å². The molecule has 1 saturated heterocycles. The predicted molar refractivity (Wildman–Crippen MR) is 95.5 cm³/mol. The van der Waals surface area contributed by atoms with E-state index in [1.807, 2.05) is 44.2 Å². The third kappa shape index (κ3) is 5.96. The normalized spacial score (nSPS) is 18.9. The lowest BCUT2D eigenvalue weighted by molar-refractivity contribution is -0.129. The van der Waals surface area contributed by atoms with Crippen LogP contribution in [0.4, 0.5) is 0 Å². The molecule has 1 heterocycles. The zero-order valence-corrected chi connectivity index (χ0v) is 14.7. The van der Waals surface area contributed by atoms with Gasteiger partial charge in [0.05, 0.1) is 6.42 Å². The van der Waals surface area contributed by atoms with Gasteiger partial charge in [-0.1, -0.05) is 44.2 Å². The summed E-state index contributed by atoms with van der Waals surface area (Å²) in [5.74, 6) is 0.330. The molecule has 2 amide bonds. The molecule has 1 aliphatic heterocycles. The Bertz CT molecular complexity index is 525. The van der Waals surface area contributed by atoms with Crippen LogP contribution < -0.4 is 16.0 Å². The maximum atomic E-state index is 12.5. The van der Waals surface area contributed by atoms with Crippen molar-refractivity contribution in [2.45, 2.75) is 39.2 Å². The quantitative estimate of drug-likeness (QED) is 0.709. The lowest BCUT2D eigenvalue weighted by Crippen LogP contribution is -2.51. The molecule has 2 atom stereocenters. The van der Waals surface area contributed by atoms with Crippen molar-refractivity contribution in [2.75, 3.05) is 19.6 Å². The summed E-state index contributed by atoms with van der Waals surface area (Å²) in [7, 11) is 0. The lowest BCUT2D eigenvalue weighted by atomic mass is 9.98. The highest BCUT2D eigenvalue weighted by molar-refractivity contribution is 5.88. The summed E-state index contributed by atoms with van der Waals surface area (Å²) in [6.45, 7) is 6.59. The second-order valence-electron chi connectivity index (χ2n) is 6.91. The molecule has 5 nitrogen and oxygen atoms in total. The van der Waals surface area contributed by atoms with E-state index >= 15 is 0 Å². The fourth-order valence-corrected chi connectivity index (χ4v) is 2.99. The van der Waals surface area contributed by atoms with E-state index in [-0.39, 0.29) is 17.7 Å². The molecule has 1 aromatic carbocycles. The van der Waals surface area contributed by atoms with Crippen molar-refractivity contribution in [1.29, 1.82) is 0 Å². The van der Waals surface area contributed by atoms with Gasteiger partial charge in [0.2, 0.25) is 11.8 Å². The molecular formula is C19H29N3O2. The van der Waals surface area contributed by atoms with Gasteiger partial charge in [-0.3, -0.25) is 9.59 Å². The maximum absolute atomic E-state index is 12.5. The van der Waals surface area contributed by atoms with E-state index in [9.17, 15) is 9.59 Å². The lowest BCUT2D eigenvalue weighted by Gasteiger charge is -2.26. The van der Waals surface area contributed by atoms with Crippen LogP contribution in [0.2, 0.25) is 0 Å². The zero-order valence-electron chi connectivity index (χ0n) is 14.7. The van der Waals surface area contributed by atoms with Crippen molar-refractivity contribution >= 4 is 11.8 Å². The smallest absolute Gasteiger partial charge is 0.242 e. The van der Waals surface area contributed by atoms with Crippen LogP contribution in [0.5, 0.6) is 0 Å². The van der Waals surface area contributed by atoms with Crippen LogP contribution in [0.15, 0.2) is 30.3 Å². The molecule has 0 aliphatic carbocycles. The number of nitrogens with one attached hydrogen (secondary N) is 3. The first-order valence-corrected chi connectivity index (χ1v) is 8.88. The number of carbonyl (C=O) groups is 2. The number of rotatable bonds is 7. The maximum Gasteiger partial charge on any atom is 0.242 e. The Morgan fingerprint density at radius 2 is 2.00 bits per heavy atom. The number of carbonyl (C=O) groups excluding carboxylic acids is 2. The van der Waals surface area contributed by atoms with E-state index in [1.54, 1.807) is 0 Å². The third-order valence-electron chi connectivity index (χ3n) is 4.44. The van der Waals surface area contributed by atoms with Crippen LogP contribution in [-0.2, 0) is 16.0 Å². The second kappa shape index (κ2) is 9.42. The average Bonchev–Trinajstić information content (AvgIpc) is 2.59. The summed E-state index contributed by atoms with van der Waals surface area (Å²) in [5.41, 5.74) is 0.950. The third-order valence-corrected chi connectivity index (χ3v) is 4.44. The predicted octanol–water partition coefficient (Wildman–Crippen LogP) is 1.49. The minimum Gasteiger partial charge on any atom is -0.354 e. The van der Waals surface area contributed by atoms with Crippen LogP contribution in [0, 0.1) is 11.8 Å². The number of piperidine rings is 1. The number of benzene rings is 1. The van der Waals surface area contributed by atoms with Crippen molar-refractivity contribution in [1.82, 2.24) is 16.0 Å². The molecule has 24 heavy (non-hydrogen) atoms. The van der Waals surface area contributed by atoms with Gasteiger partial charge >= 0.3 is 0 Å². The van der Waals surface area contributed by atoms with Crippen molar-refractivity contribution in [3.63, 3.8) is 0 Å². The summed E-state index contributed by atoms with van der Waals surface area (Å²) in [6.07, 6.45) is 2.59. The average molecular weight is 331 g/mol. The van der Waals surface area contributed by atoms with Gasteiger partial charge < -0.3 is 16.0 Å². The number of hydrogen-bond donors (Lipinski definition) is 3. The molecule has 1 aliphatic rings. The zero-order chi connectivity index (χ0) is 17.4. The first-order chi connectivity index (χ1) is 11.6. The highest BCUT2D eigenvalue weighted by Crippen LogP contribution is 2.09. The van der Waals surface area contributed by atoms with Gasteiger partial charge in [-0.15, -0.1) is 0 Å². The van der Waals surface area contributed by atoms with Crippen LogP contribution >= 0.6 is 0 Å². The van der Waals surface area contributed by atoms with E-state index in [1.165, 1.54) is 0 Å². The Balaban J connectivity index is 1.83. The molecule has 2 unspecified atom stereocenters. The van der Waals surface area contributed by atoms with E-state index in [2.05, 4.69) is 16.0 Å². The van der Waals surface area contributed by atoms with Gasteiger partial charge in [0.1, 0.15) is 6.04 Å². The molecule has 132 valence electrons. The number of amides is 2. The molecule has 0 bridgehead atoms. The molecule has 0 spiro atoms. The van der Waals surface area contributed by atoms with Crippen molar-refractivity contribution in [2.24, 2.45) is 11.8 Å². The Hall–Kier alpha value is -1.88. The molecule has 1 fully saturated rings. The summed E-state index contributed by atoms with van der Waals surface area (Å²) in [5, 5.41) is 9.24. The SMILES string of the molecule is CC(C)C(NC(=O)Cc1ccccc1)C(=O)NCC1CCCNC1. The summed E-state index contributed by atoms with van der Waals surface area (Å²) < 4.78 is 0. The number of hydrogen-bond acceptors (Lipinski definition) is 3. The topological polar surface area (TPSA) is 70.2 Å². The highest BCUT2D eigenvalue weighted by Gasteiger charge is 2.25. The van der Waals surface area contributed by atoms with Crippen molar-refractivity contribution in [3.8, 4) is 0 Å². The van der Waals surface area contributed by atoms with E-state index in [4.69, 9.17) is 0 Å². The van der Waals surface area contributed by atoms with Crippen LogP contribution in [-0.4, -0.2) is 37.5 Å². The first kappa shape index (κ1) is 18.5. The fraction of sp³-hybridized carbons (Fsp3) is 0.579. The standard InChI is InChI=1S/C19H29N3O2/c1-14(2)18(19(24)21-13-16-9-6-10-20-12-16)22-17(23)11-15-7-4-3-5-8-15/h3-5,7-8,14,16,18,20H,6,9-13H2,1-2H3,(H,21,24)(H,22,23). The van der Waals surface area contributed by atoms with Gasteiger partial charge in [0.25, 0.3) is 0 Å². The van der Waals surface area contributed by atoms with Crippen molar-refractivity contribution < 1.29 is 9.59 Å². The van der Waals surface area contributed by atoms with Gasteiger partial charge in [-0.2, -0.15) is 0 Å². The van der Waals surface area contributed by atoms with Gasteiger partial charge in [0.15, 0.2) is 0 Å². The second-order valence-corrected chi connectivity index (χ2v) is 6.91. The monoisotopic (exact) mass is 331 g/mol. The summed E-state index contributed by atoms with van der Waals surface area (Å²) >= 11 is 0. The molecule has 1 aromatic rings. The van der Waals surface area contributed by atoms with Crippen LogP contribution in [0.25, 0.3) is 0 Å². The first-order valence-electron chi connectivity index (χ1n) is 8.88. The fourth-order valence-electron chi connectivity index (χ4n) is 2.99. The van der Waals surface area contributed by atoms with Crippen LogP contribution in [0.3, 0.4) is 0 Å². The van der Waals surface area contributed by atoms with Crippen LogP contribution in [0.1, 0.15) is 32.3 Å². The molecule has 0 aromatic heterocycles. The molecule has 5 heteroatoms. The largest absolute Gasteiger partial charge is 0.354 e. The molecule has 3 N–H and O–H groups in total. The molecule has 0 radical (unpaired) electrons. The Labute approximate surface area is 144 Å². The highest BCUT2D eigenvalue weighted by atomic mass is 16.2. The Morgan fingerprint density at radius 1 is 1.25 bits per heavy atom. The van der Waals surface area contributed by atoms with Gasteiger partial charge in [-0.25, -0.2) is 0 Å².